The summed E-state index contributed by atoms with van der Waals surface area (Å²) in [4.78, 5) is 27.3. The minimum absolute atomic E-state index is 0.127. The summed E-state index contributed by atoms with van der Waals surface area (Å²) in [6.45, 7) is 4.85. The van der Waals surface area contributed by atoms with Crippen LogP contribution in [0.15, 0.2) is 42.5 Å². The molecule has 0 aliphatic carbocycles. The molecule has 0 unspecified atom stereocenters. The molecule has 1 aliphatic rings. The molecule has 2 aromatic carbocycles. The van der Waals surface area contributed by atoms with Gasteiger partial charge in [0.15, 0.2) is 0 Å². The van der Waals surface area contributed by atoms with Crippen LogP contribution in [-0.2, 0) is 14.8 Å². The molecule has 0 aromatic heterocycles. The number of hydrogen-bond donors (Lipinski definition) is 1. The lowest BCUT2D eigenvalue weighted by molar-refractivity contribution is -0.114. The number of para-hydroxylation sites is 1. The number of benzene rings is 2. The first-order valence-electron chi connectivity index (χ1n) is 9.90. The van der Waals surface area contributed by atoms with Gasteiger partial charge in [-0.3, -0.25) is 13.9 Å². The molecule has 0 bridgehead atoms. The Hall–Kier alpha value is -2.87. The lowest BCUT2D eigenvalue weighted by Crippen LogP contribution is -2.38. The second kappa shape index (κ2) is 8.87. The van der Waals surface area contributed by atoms with Crippen LogP contribution in [0.3, 0.4) is 0 Å². The number of rotatable bonds is 6. The summed E-state index contributed by atoms with van der Waals surface area (Å²) in [6, 6.07) is 12.1. The molecule has 0 atom stereocenters. The van der Waals surface area contributed by atoms with Gasteiger partial charge in [-0.05, 0) is 62.1 Å². The Morgan fingerprint density at radius 2 is 1.70 bits per heavy atom. The highest BCUT2D eigenvalue weighted by Crippen LogP contribution is 2.23. The molecule has 2 aromatic rings. The topological polar surface area (TPSA) is 86.8 Å². The van der Waals surface area contributed by atoms with Crippen LogP contribution in [0.25, 0.3) is 0 Å². The van der Waals surface area contributed by atoms with Crippen molar-refractivity contribution < 1.29 is 18.0 Å². The summed E-state index contributed by atoms with van der Waals surface area (Å²) in [6.07, 6.45) is 3.01. The van der Waals surface area contributed by atoms with Gasteiger partial charge in [0.2, 0.25) is 15.9 Å². The highest BCUT2D eigenvalue weighted by atomic mass is 32.2. The summed E-state index contributed by atoms with van der Waals surface area (Å²) >= 11 is 0. The van der Waals surface area contributed by atoms with Crippen molar-refractivity contribution in [3.05, 3.63) is 59.2 Å². The van der Waals surface area contributed by atoms with Gasteiger partial charge < -0.3 is 10.2 Å². The third-order valence-electron chi connectivity index (χ3n) is 5.29. The summed E-state index contributed by atoms with van der Waals surface area (Å²) in [5.74, 6) is -0.641. The fraction of sp³-hybridized carbons (Fsp3) is 0.364. The van der Waals surface area contributed by atoms with Gasteiger partial charge in [-0.2, -0.15) is 0 Å². The van der Waals surface area contributed by atoms with Crippen molar-refractivity contribution in [3.8, 4) is 0 Å². The maximum atomic E-state index is 12.8. The highest BCUT2D eigenvalue weighted by Gasteiger charge is 2.24. The van der Waals surface area contributed by atoms with Crippen molar-refractivity contribution in [2.75, 3.05) is 35.5 Å². The van der Waals surface area contributed by atoms with Crippen LogP contribution in [0, 0.1) is 13.8 Å². The first-order valence-corrected chi connectivity index (χ1v) is 11.7. The molecule has 3 rings (SSSR count). The average Bonchev–Trinajstić information content (AvgIpc) is 3.22. The standard InChI is InChI=1S/C22H27N3O4S/c1-16-10-11-18(14-17(16)2)25(30(3,28)29)15-21(26)23-20-9-5-4-8-19(20)22(27)24-12-6-7-13-24/h4-5,8-11,14H,6-7,12-13,15H2,1-3H3,(H,23,26). The van der Waals surface area contributed by atoms with E-state index in [1.807, 2.05) is 19.9 Å². The summed E-state index contributed by atoms with van der Waals surface area (Å²) < 4.78 is 25.8. The van der Waals surface area contributed by atoms with Crippen LogP contribution in [0.1, 0.15) is 34.3 Å². The number of hydrogen-bond acceptors (Lipinski definition) is 4. The molecule has 1 fully saturated rings. The van der Waals surface area contributed by atoms with Crippen LogP contribution in [0.5, 0.6) is 0 Å². The fourth-order valence-corrected chi connectivity index (χ4v) is 4.32. The quantitative estimate of drug-likeness (QED) is 0.765. The second-order valence-corrected chi connectivity index (χ2v) is 9.54. The Morgan fingerprint density at radius 3 is 2.33 bits per heavy atom. The molecule has 0 spiro atoms. The Kier molecular flexibility index (Phi) is 6.45. The molecule has 1 saturated heterocycles. The lowest BCUT2D eigenvalue weighted by Gasteiger charge is -2.23. The molecule has 30 heavy (non-hydrogen) atoms. The first kappa shape index (κ1) is 21.8. The van der Waals surface area contributed by atoms with E-state index in [0.29, 0.717) is 30.0 Å². The molecule has 7 nitrogen and oxygen atoms in total. The van der Waals surface area contributed by atoms with E-state index in [-0.39, 0.29) is 12.5 Å². The van der Waals surface area contributed by atoms with Crippen LogP contribution >= 0.6 is 0 Å². The van der Waals surface area contributed by atoms with Crippen molar-refractivity contribution in [1.29, 1.82) is 0 Å². The number of aryl methyl sites for hydroxylation is 2. The lowest BCUT2D eigenvalue weighted by atomic mass is 10.1. The van der Waals surface area contributed by atoms with Gasteiger partial charge in [-0.25, -0.2) is 8.42 Å². The monoisotopic (exact) mass is 429 g/mol. The van der Waals surface area contributed by atoms with Gasteiger partial charge in [0.25, 0.3) is 5.91 Å². The minimum Gasteiger partial charge on any atom is -0.339 e. The number of nitrogens with one attached hydrogen (secondary N) is 1. The van der Waals surface area contributed by atoms with Crippen LogP contribution in [-0.4, -0.2) is 51.0 Å². The highest BCUT2D eigenvalue weighted by molar-refractivity contribution is 7.92. The summed E-state index contributed by atoms with van der Waals surface area (Å²) in [5.41, 5.74) is 3.18. The molecule has 160 valence electrons. The van der Waals surface area contributed by atoms with Gasteiger partial charge in [0.1, 0.15) is 6.54 Å². The zero-order chi connectivity index (χ0) is 21.9. The van der Waals surface area contributed by atoms with E-state index in [1.165, 1.54) is 0 Å². The zero-order valence-electron chi connectivity index (χ0n) is 17.5. The van der Waals surface area contributed by atoms with Crippen LogP contribution in [0.4, 0.5) is 11.4 Å². The van der Waals surface area contributed by atoms with Gasteiger partial charge in [-0.1, -0.05) is 18.2 Å². The van der Waals surface area contributed by atoms with Crippen molar-refractivity contribution in [3.63, 3.8) is 0 Å². The average molecular weight is 430 g/mol. The smallest absolute Gasteiger partial charge is 0.255 e. The second-order valence-electron chi connectivity index (χ2n) is 7.63. The Bertz CT molecular complexity index is 1060. The number of amides is 2. The van der Waals surface area contributed by atoms with E-state index in [9.17, 15) is 18.0 Å². The first-order chi connectivity index (χ1) is 14.2. The van der Waals surface area contributed by atoms with E-state index >= 15 is 0 Å². The number of nitrogens with zero attached hydrogens (tertiary/aromatic N) is 2. The van der Waals surface area contributed by atoms with Gasteiger partial charge in [-0.15, -0.1) is 0 Å². The zero-order valence-corrected chi connectivity index (χ0v) is 18.3. The Balaban J connectivity index is 1.81. The maximum Gasteiger partial charge on any atom is 0.255 e. The molecule has 2 amide bonds. The third-order valence-corrected chi connectivity index (χ3v) is 6.43. The SMILES string of the molecule is Cc1ccc(N(CC(=O)Nc2ccccc2C(=O)N2CCCC2)S(C)(=O)=O)cc1C. The molecule has 0 saturated carbocycles. The Labute approximate surface area is 177 Å². The van der Waals surface area contributed by atoms with E-state index in [0.717, 1.165) is 34.5 Å². The molecule has 1 N–H and O–H groups in total. The van der Waals surface area contributed by atoms with E-state index in [1.54, 1.807) is 41.3 Å². The van der Waals surface area contributed by atoms with Gasteiger partial charge >= 0.3 is 0 Å². The number of sulfonamides is 1. The van der Waals surface area contributed by atoms with Crippen molar-refractivity contribution in [2.45, 2.75) is 26.7 Å². The predicted molar refractivity (Wildman–Crippen MR) is 118 cm³/mol. The largest absolute Gasteiger partial charge is 0.339 e. The van der Waals surface area contributed by atoms with E-state index in [2.05, 4.69) is 5.32 Å². The van der Waals surface area contributed by atoms with Crippen molar-refractivity contribution >= 4 is 33.2 Å². The molecular formula is C22H27N3O4S. The number of likely N-dealkylation sites (tertiary alicyclic amines) is 1. The Morgan fingerprint density at radius 1 is 1.03 bits per heavy atom. The summed E-state index contributed by atoms with van der Waals surface area (Å²) in [5, 5.41) is 2.72. The van der Waals surface area contributed by atoms with E-state index in [4.69, 9.17) is 0 Å². The molecule has 1 heterocycles. The van der Waals surface area contributed by atoms with Crippen LogP contribution < -0.4 is 9.62 Å². The minimum atomic E-state index is -3.68. The number of anilines is 2. The number of carbonyl (C=O) groups excluding carboxylic acids is 2. The number of carbonyl (C=O) groups is 2. The maximum absolute atomic E-state index is 12.8. The summed E-state index contributed by atoms with van der Waals surface area (Å²) in [7, 11) is -3.68. The van der Waals surface area contributed by atoms with Crippen molar-refractivity contribution in [2.24, 2.45) is 0 Å². The molecule has 1 aliphatic heterocycles. The van der Waals surface area contributed by atoms with Gasteiger partial charge in [0.05, 0.1) is 23.2 Å². The fourth-order valence-electron chi connectivity index (χ4n) is 3.47. The normalized spacial score (nSPS) is 13.9. The van der Waals surface area contributed by atoms with Crippen molar-refractivity contribution in [1.82, 2.24) is 4.90 Å². The molecule has 0 radical (unpaired) electrons. The van der Waals surface area contributed by atoms with Crippen LogP contribution in [0.2, 0.25) is 0 Å². The molecular weight excluding hydrogens is 402 g/mol. The van der Waals surface area contributed by atoms with Gasteiger partial charge in [0, 0.05) is 13.1 Å². The van der Waals surface area contributed by atoms with E-state index < -0.39 is 15.9 Å². The predicted octanol–water partition coefficient (Wildman–Crippen LogP) is 2.94. The third kappa shape index (κ3) is 4.99. The molecule has 8 heteroatoms.